The van der Waals surface area contributed by atoms with E-state index in [-0.39, 0.29) is 0 Å². The van der Waals surface area contributed by atoms with Crippen molar-refractivity contribution in [2.24, 2.45) is 0 Å². The van der Waals surface area contributed by atoms with Gasteiger partial charge in [-0.15, -0.1) is 0 Å². The average Bonchev–Trinajstić information content (AvgIpc) is 3.18. The number of nitrogens with zero attached hydrogens (tertiary/aromatic N) is 4. The van der Waals surface area contributed by atoms with Crippen LogP contribution >= 0.6 is 0 Å². The van der Waals surface area contributed by atoms with Gasteiger partial charge in [-0.2, -0.15) is 5.10 Å². The highest BCUT2D eigenvalue weighted by atomic mass is 16.2. The number of aryl methyl sites for hydroxylation is 1. The van der Waals surface area contributed by atoms with Crippen LogP contribution in [0.4, 0.5) is 0 Å². The molecule has 5 heteroatoms. The van der Waals surface area contributed by atoms with Gasteiger partial charge in [-0.05, 0) is 31.7 Å². The van der Waals surface area contributed by atoms with Gasteiger partial charge >= 0.3 is 0 Å². The molecule has 1 saturated heterocycles. The zero-order valence-electron chi connectivity index (χ0n) is 13.5. The van der Waals surface area contributed by atoms with Crippen LogP contribution in [0.15, 0.2) is 18.5 Å². The van der Waals surface area contributed by atoms with Crippen molar-refractivity contribution in [1.82, 2.24) is 19.6 Å². The Labute approximate surface area is 133 Å². The first-order valence-corrected chi connectivity index (χ1v) is 8.82. The Bertz CT molecular complexity index is 453. The van der Waals surface area contributed by atoms with Crippen molar-refractivity contribution in [3.63, 3.8) is 0 Å². The molecule has 3 rings (SSSR count). The molecule has 122 valence electrons. The van der Waals surface area contributed by atoms with E-state index in [0.29, 0.717) is 12.3 Å². The third-order valence-corrected chi connectivity index (χ3v) is 5.06. The van der Waals surface area contributed by atoms with E-state index in [9.17, 15) is 4.79 Å². The smallest absolute Gasteiger partial charge is 0.222 e. The van der Waals surface area contributed by atoms with Gasteiger partial charge in [-0.25, -0.2) is 0 Å². The Morgan fingerprint density at radius 3 is 2.73 bits per heavy atom. The fraction of sp³-hybridized carbons (Fsp3) is 0.765. The van der Waals surface area contributed by atoms with Gasteiger partial charge in [0, 0.05) is 57.6 Å². The minimum absolute atomic E-state index is 0.320. The number of aromatic nitrogens is 2. The molecule has 1 aliphatic heterocycles. The van der Waals surface area contributed by atoms with E-state index in [1.165, 1.54) is 32.2 Å². The first-order chi connectivity index (χ1) is 10.8. The topological polar surface area (TPSA) is 41.4 Å². The van der Waals surface area contributed by atoms with Gasteiger partial charge in [-0.3, -0.25) is 14.4 Å². The van der Waals surface area contributed by atoms with Crippen LogP contribution < -0.4 is 0 Å². The number of rotatable bonds is 5. The largest absolute Gasteiger partial charge is 0.341 e. The van der Waals surface area contributed by atoms with Crippen molar-refractivity contribution in [1.29, 1.82) is 0 Å². The van der Waals surface area contributed by atoms with Crippen LogP contribution in [-0.4, -0.2) is 57.7 Å². The van der Waals surface area contributed by atoms with Gasteiger partial charge in [0.25, 0.3) is 0 Å². The Balaban J connectivity index is 1.40. The summed E-state index contributed by atoms with van der Waals surface area (Å²) in [5.41, 5.74) is 0. The number of hydrogen-bond donors (Lipinski definition) is 0. The lowest BCUT2D eigenvalue weighted by atomic mass is 10.2. The van der Waals surface area contributed by atoms with Crippen LogP contribution in [-0.2, 0) is 11.3 Å². The molecule has 1 saturated carbocycles. The second-order valence-corrected chi connectivity index (χ2v) is 6.58. The quantitative estimate of drug-likeness (QED) is 0.837. The molecule has 22 heavy (non-hydrogen) atoms. The maximum absolute atomic E-state index is 12.4. The maximum atomic E-state index is 12.4. The monoisotopic (exact) mass is 304 g/mol. The van der Waals surface area contributed by atoms with Gasteiger partial charge in [0.05, 0.1) is 0 Å². The van der Waals surface area contributed by atoms with Crippen LogP contribution in [0.3, 0.4) is 0 Å². The van der Waals surface area contributed by atoms with Crippen molar-refractivity contribution >= 4 is 5.91 Å². The standard InChI is InChI=1S/C17H28N4O/c22-17(8-3-12-21-13-4-9-18-21)20-11-5-10-19(14-15-20)16-6-1-2-7-16/h4,9,13,16H,1-3,5-8,10-12,14-15H2. The molecule has 2 aliphatic rings. The lowest BCUT2D eigenvalue weighted by molar-refractivity contribution is -0.131. The fourth-order valence-corrected chi connectivity index (χ4v) is 3.80. The molecule has 1 aromatic rings. The molecule has 0 N–H and O–H groups in total. The summed E-state index contributed by atoms with van der Waals surface area (Å²) < 4.78 is 1.90. The summed E-state index contributed by atoms with van der Waals surface area (Å²) in [7, 11) is 0. The van der Waals surface area contributed by atoms with Crippen molar-refractivity contribution < 1.29 is 4.79 Å². The summed E-state index contributed by atoms with van der Waals surface area (Å²) in [5.74, 6) is 0.320. The molecule has 5 nitrogen and oxygen atoms in total. The lowest BCUT2D eigenvalue weighted by Crippen LogP contribution is -2.38. The summed E-state index contributed by atoms with van der Waals surface area (Å²) in [6, 6.07) is 2.71. The molecule has 2 heterocycles. The van der Waals surface area contributed by atoms with Crippen LogP contribution in [0.5, 0.6) is 0 Å². The third-order valence-electron chi connectivity index (χ3n) is 5.06. The van der Waals surface area contributed by atoms with E-state index in [2.05, 4.69) is 14.9 Å². The van der Waals surface area contributed by atoms with Crippen molar-refractivity contribution in [3.8, 4) is 0 Å². The average molecular weight is 304 g/mol. The van der Waals surface area contributed by atoms with E-state index in [1.807, 2.05) is 16.9 Å². The minimum atomic E-state index is 0.320. The highest BCUT2D eigenvalue weighted by Crippen LogP contribution is 2.24. The van der Waals surface area contributed by atoms with Gasteiger partial charge < -0.3 is 4.90 Å². The predicted molar refractivity (Wildman–Crippen MR) is 86.5 cm³/mol. The van der Waals surface area contributed by atoms with E-state index in [4.69, 9.17) is 0 Å². The molecule has 0 radical (unpaired) electrons. The zero-order chi connectivity index (χ0) is 15.2. The third kappa shape index (κ3) is 4.09. The van der Waals surface area contributed by atoms with Crippen molar-refractivity contribution in [3.05, 3.63) is 18.5 Å². The van der Waals surface area contributed by atoms with Crippen LogP contribution in [0.2, 0.25) is 0 Å². The van der Waals surface area contributed by atoms with E-state index in [1.54, 1.807) is 6.20 Å². The van der Waals surface area contributed by atoms with Crippen LogP contribution in [0, 0.1) is 0 Å². The highest BCUT2D eigenvalue weighted by molar-refractivity contribution is 5.76. The summed E-state index contributed by atoms with van der Waals surface area (Å²) >= 11 is 0. The maximum Gasteiger partial charge on any atom is 0.222 e. The Morgan fingerprint density at radius 2 is 1.95 bits per heavy atom. The molecule has 1 amide bonds. The van der Waals surface area contributed by atoms with Crippen LogP contribution in [0.1, 0.15) is 44.9 Å². The summed E-state index contributed by atoms with van der Waals surface area (Å²) in [6.45, 7) is 4.92. The summed E-state index contributed by atoms with van der Waals surface area (Å²) in [6.07, 6.45) is 11.9. The minimum Gasteiger partial charge on any atom is -0.341 e. The Morgan fingerprint density at radius 1 is 1.09 bits per heavy atom. The zero-order valence-corrected chi connectivity index (χ0v) is 13.5. The number of amides is 1. The van der Waals surface area contributed by atoms with Gasteiger partial charge in [0.1, 0.15) is 0 Å². The molecule has 1 aliphatic carbocycles. The van der Waals surface area contributed by atoms with Gasteiger partial charge in [0.15, 0.2) is 0 Å². The second kappa shape index (κ2) is 7.77. The van der Waals surface area contributed by atoms with Gasteiger partial charge in [0.2, 0.25) is 5.91 Å². The molecule has 0 aromatic carbocycles. The molecular weight excluding hydrogens is 276 g/mol. The van der Waals surface area contributed by atoms with E-state index in [0.717, 1.165) is 45.1 Å². The second-order valence-electron chi connectivity index (χ2n) is 6.58. The number of carbonyl (C=O) groups excluding carboxylic acids is 1. The Hall–Kier alpha value is -1.36. The molecule has 0 atom stereocenters. The van der Waals surface area contributed by atoms with Crippen molar-refractivity contribution in [2.45, 2.75) is 57.5 Å². The Kier molecular flexibility index (Phi) is 5.48. The lowest BCUT2D eigenvalue weighted by Gasteiger charge is -2.27. The fourth-order valence-electron chi connectivity index (χ4n) is 3.80. The summed E-state index contributed by atoms with van der Waals surface area (Å²) in [5, 5.41) is 4.18. The molecule has 0 unspecified atom stereocenters. The normalized spacial score (nSPS) is 21.2. The molecule has 0 spiro atoms. The van der Waals surface area contributed by atoms with E-state index >= 15 is 0 Å². The number of carbonyl (C=O) groups is 1. The van der Waals surface area contributed by atoms with Crippen LogP contribution in [0.25, 0.3) is 0 Å². The first-order valence-electron chi connectivity index (χ1n) is 8.82. The summed E-state index contributed by atoms with van der Waals surface area (Å²) in [4.78, 5) is 17.1. The SMILES string of the molecule is O=C(CCCn1cccn1)N1CCCN(C2CCCC2)CC1. The first kappa shape index (κ1) is 15.5. The van der Waals surface area contributed by atoms with Crippen molar-refractivity contribution in [2.75, 3.05) is 26.2 Å². The van der Waals surface area contributed by atoms with Gasteiger partial charge in [-0.1, -0.05) is 12.8 Å². The predicted octanol–water partition coefficient (Wildman–Crippen LogP) is 2.14. The molecule has 1 aromatic heterocycles. The molecule has 0 bridgehead atoms. The highest BCUT2D eigenvalue weighted by Gasteiger charge is 2.25. The molecule has 2 fully saturated rings. The number of hydrogen-bond acceptors (Lipinski definition) is 3. The molecular formula is C17H28N4O. The van der Waals surface area contributed by atoms with E-state index < -0.39 is 0 Å².